The maximum Gasteiger partial charge on any atom is 0.318 e. The van der Waals surface area contributed by atoms with Crippen LogP contribution in [-0.2, 0) is 20.4 Å². The van der Waals surface area contributed by atoms with Crippen LogP contribution in [0.15, 0.2) is 0 Å². The van der Waals surface area contributed by atoms with Gasteiger partial charge in [-0.1, -0.05) is 0 Å². The fraction of sp³-hybridized carbons (Fsp3) is 0.750. The van der Waals surface area contributed by atoms with Crippen molar-refractivity contribution < 1.29 is 18.9 Å². The van der Waals surface area contributed by atoms with E-state index >= 15 is 0 Å². The highest BCUT2D eigenvalue weighted by Gasteiger charge is 2.18. The molecule has 0 aliphatic carbocycles. The summed E-state index contributed by atoms with van der Waals surface area (Å²) in [7, 11) is 0.134. The second kappa shape index (κ2) is 6.53. The third-order valence-electron chi connectivity index (χ3n) is 1.77. The molecular formula is C8H15NO4S. The first kappa shape index (κ1) is 13.1. The largest absolute Gasteiger partial charge is 0.480 e. The molecule has 0 bridgehead atoms. The summed E-state index contributed by atoms with van der Waals surface area (Å²) in [4.78, 5) is 21.2. The quantitative estimate of drug-likeness (QED) is 0.647. The molecule has 2 atom stereocenters. The van der Waals surface area contributed by atoms with Gasteiger partial charge in [0.05, 0.1) is 0 Å². The van der Waals surface area contributed by atoms with Gasteiger partial charge >= 0.3 is 5.97 Å². The van der Waals surface area contributed by atoms with E-state index in [-0.39, 0.29) is 18.1 Å². The zero-order chi connectivity index (χ0) is 11.1. The standard InChI is InChI=1S/C8H15NO4S/c1-6(8(11)12)14(13)5-3-4-7(10)9-2/h6H,3-5H2,1-2H3,(H,9,10)(H,11,12). The fourth-order valence-corrected chi connectivity index (χ4v) is 1.80. The second-order valence-electron chi connectivity index (χ2n) is 2.84. The van der Waals surface area contributed by atoms with Gasteiger partial charge < -0.3 is 10.4 Å². The molecule has 0 spiro atoms. The predicted octanol–water partition coefficient (Wildman–Crippen LogP) is -0.266. The summed E-state index contributed by atoms with van der Waals surface area (Å²) >= 11 is 0. The molecule has 0 aromatic rings. The molecule has 0 heterocycles. The van der Waals surface area contributed by atoms with Crippen molar-refractivity contribution in [2.24, 2.45) is 0 Å². The Morgan fingerprint density at radius 1 is 1.50 bits per heavy atom. The molecule has 1 amide bonds. The number of carbonyl (C=O) groups is 2. The Kier molecular flexibility index (Phi) is 6.11. The van der Waals surface area contributed by atoms with Gasteiger partial charge in [-0.05, 0) is 13.3 Å². The third kappa shape index (κ3) is 4.96. The molecule has 82 valence electrons. The van der Waals surface area contributed by atoms with Crippen LogP contribution in [0, 0.1) is 0 Å². The van der Waals surface area contributed by atoms with E-state index in [0.29, 0.717) is 6.42 Å². The number of rotatable bonds is 6. The number of amides is 1. The Labute approximate surface area is 85.3 Å². The lowest BCUT2D eigenvalue weighted by Crippen LogP contribution is -2.24. The first-order chi connectivity index (χ1) is 6.49. The van der Waals surface area contributed by atoms with E-state index in [9.17, 15) is 13.8 Å². The van der Waals surface area contributed by atoms with Crippen LogP contribution in [0.3, 0.4) is 0 Å². The molecule has 0 aromatic heterocycles. The van der Waals surface area contributed by atoms with Crippen molar-refractivity contribution in [3.05, 3.63) is 0 Å². The third-order valence-corrected chi connectivity index (χ3v) is 3.45. The average molecular weight is 221 g/mol. The summed E-state index contributed by atoms with van der Waals surface area (Å²) in [6.07, 6.45) is 0.735. The van der Waals surface area contributed by atoms with E-state index < -0.39 is 22.0 Å². The van der Waals surface area contributed by atoms with E-state index in [1.165, 1.54) is 14.0 Å². The van der Waals surface area contributed by atoms with E-state index in [0.717, 1.165) is 0 Å². The van der Waals surface area contributed by atoms with Crippen LogP contribution >= 0.6 is 0 Å². The lowest BCUT2D eigenvalue weighted by atomic mass is 10.3. The Bertz CT molecular complexity index is 241. The summed E-state index contributed by atoms with van der Waals surface area (Å²) in [6, 6.07) is 0. The molecule has 2 unspecified atom stereocenters. The van der Waals surface area contributed by atoms with Gasteiger partial charge in [-0.2, -0.15) is 0 Å². The van der Waals surface area contributed by atoms with E-state index in [1.54, 1.807) is 0 Å². The number of carbonyl (C=O) groups excluding carboxylic acids is 1. The van der Waals surface area contributed by atoms with Gasteiger partial charge in [-0.15, -0.1) is 0 Å². The molecular weight excluding hydrogens is 206 g/mol. The number of hydrogen-bond donors (Lipinski definition) is 2. The summed E-state index contributed by atoms with van der Waals surface area (Å²) in [6.45, 7) is 1.40. The van der Waals surface area contributed by atoms with Gasteiger partial charge in [0, 0.05) is 30.0 Å². The van der Waals surface area contributed by atoms with Crippen molar-refractivity contribution >= 4 is 22.7 Å². The van der Waals surface area contributed by atoms with Crippen LogP contribution in [0.5, 0.6) is 0 Å². The first-order valence-electron chi connectivity index (χ1n) is 4.29. The molecule has 0 aliphatic heterocycles. The van der Waals surface area contributed by atoms with Crippen LogP contribution in [-0.4, -0.2) is 39.2 Å². The van der Waals surface area contributed by atoms with Crippen molar-refractivity contribution in [2.45, 2.75) is 25.0 Å². The van der Waals surface area contributed by atoms with Gasteiger partial charge in [0.1, 0.15) is 5.25 Å². The summed E-state index contributed by atoms with van der Waals surface area (Å²) < 4.78 is 11.3. The van der Waals surface area contributed by atoms with Gasteiger partial charge in [0.15, 0.2) is 0 Å². The Balaban J connectivity index is 3.75. The predicted molar refractivity (Wildman–Crippen MR) is 53.4 cm³/mol. The van der Waals surface area contributed by atoms with E-state index in [2.05, 4.69) is 5.32 Å². The second-order valence-corrected chi connectivity index (χ2v) is 4.72. The molecule has 0 radical (unpaired) electrons. The van der Waals surface area contributed by atoms with Gasteiger partial charge in [0.2, 0.25) is 5.91 Å². The smallest absolute Gasteiger partial charge is 0.318 e. The number of carboxylic acid groups (broad SMARTS) is 1. The number of nitrogens with one attached hydrogen (secondary N) is 1. The summed E-state index contributed by atoms with van der Waals surface area (Å²) in [5.41, 5.74) is 0. The summed E-state index contributed by atoms with van der Waals surface area (Å²) in [5.74, 6) is -0.936. The van der Waals surface area contributed by atoms with Gasteiger partial charge in [-0.25, -0.2) is 0 Å². The zero-order valence-electron chi connectivity index (χ0n) is 8.28. The SMILES string of the molecule is CNC(=O)CCCS(=O)C(C)C(=O)O. The average Bonchev–Trinajstić information content (AvgIpc) is 2.15. The number of carboxylic acids is 1. The monoisotopic (exact) mass is 221 g/mol. The molecule has 0 saturated heterocycles. The molecule has 6 heteroatoms. The molecule has 14 heavy (non-hydrogen) atoms. The van der Waals surface area contributed by atoms with Crippen LogP contribution in [0.2, 0.25) is 0 Å². The highest BCUT2D eigenvalue weighted by Crippen LogP contribution is 2.00. The van der Waals surface area contributed by atoms with Crippen molar-refractivity contribution in [1.82, 2.24) is 5.32 Å². The normalized spacial score (nSPS) is 14.4. The maximum absolute atomic E-state index is 11.3. The minimum absolute atomic E-state index is 0.120. The van der Waals surface area contributed by atoms with Crippen molar-refractivity contribution in [2.75, 3.05) is 12.8 Å². The van der Waals surface area contributed by atoms with Crippen LogP contribution in [0.1, 0.15) is 19.8 Å². The van der Waals surface area contributed by atoms with E-state index in [4.69, 9.17) is 5.11 Å². The molecule has 0 saturated carbocycles. The molecule has 0 aliphatic rings. The molecule has 5 nitrogen and oxygen atoms in total. The lowest BCUT2D eigenvalue weighted by Gasteiger charge is -2.05. The van der Waals surface area contributed by atoms with Gasteiger partial charge in [-0.3, -0.25) is 13.8 Å². The molecule has 0 aromatic carbocycles. The Morgan fingerprint density at radius 3 is 2.50 bits per heavy atom. The Hall–Kier alpha value is -0.910. The van der Waals surface area contributed by atoms with Crippen molar-refractivity contribution in [3.8, 4) is 0 Å². The molecule has 0 fully saturated rings. The molecule has 2 N–H and O–H groups in total. The van der Waals surface area contributed by atoms with Crippen molar-refractivity contribution in [1.29, 1.82) is 0 Å². The first-order valence-corrected chi connectivity index (χ1v) is 5.67. The molecule has 0 rings (SSSR count). The van der Waals surface area contributed by atoms with Crippen LogP contribution < -0.4 is 5.32 Å². The number of hydrogen-bond acceptors (Lipinski definition) is 3. The minimum atomic E-state index is -1.39. The van der Waals surface area contributed by atoms with Crippen LogP contribution in [0.4, 0.5) is 0 Å². The van der Waals surface area contributed by atoms with E-state index in [1.807, 2.05) is 0 Å². The highest BCUT2D eigenvalue weighted by molar-refractivity contribution is 7.86. The topological polar surface area (TPSA) is 83.5 Å². The summed E-state index contributed by atoms with van der Waals surface area (Å²) in [5, 5.41) is 10.1. The van der Waals surface area contributed by atoms with Gasteiger partial charge in [0.25, 0.3) is 0 Å². The van der Waals surface area contributed by atoms with Crippen LogP contribution in [0.25, 0.3) is 0 Å². The fourth-order valence-electron chi connectivity index (χ4n) is 0.789. The minimum Gasteiger partial charge on any atom is -0.480 e. The highest BCUT2D eigenvalue weighted by atomic mass is 32.2. The maximum atomic E-state index is 11.3. The number of aliphatic carboxylic acids is 1. The Morgan fingerprint density at radius 2 is 2.07 bits per heavy atom. The zero-order valence-corrected chi connectivity index (χ0v) is 9.10. The van der Waals surface area contributed by atoms with Crippen molar-refractivity contribution in [3.63, 3.8) is 0 Å². The lowest BCUT2D eigenvalue weighted by molar-refractivity contribution is -0.136.